The van der Waals surface area contributed by atoms with Gasteiger partial charge in [-0.2, -0.15) is 0 Å². The number of nitrogens with one attached hydrogen (secondary N) is 1. The predicted octanol–water partition coefficient (Wildman–Crippen LogP) is 1.91. The van der Waals surface area contributed by atoms with E-state index in [0.29, 0.717) is 24.0 Å². The van der Waals surface area contributed by atoms with E-state index in [1.165, 1.54) is 18.2 Å². The molecule has 0 unspecified atom stereocenters. The smallest absolute Gasteiger partial charge is 0.251 e. The van der Waals surface area contributed by atoms with Gasteiger partial charge in [-0.25, -0.2) is 4.39 Å². The van der Waals surface area contributed by atoms with Gasteiger partial charge in [-0.1, -0.05) is 0 Å². The fourth-order valence-electron chi connectivity index (χ4n) is 2.67. The molecule has 0 heterocycles. The third kappa shape index (κ3) is 3.35. The third-order valence-corrected chi connectivity index (χ3v) is 3.90. The molecular weight excluding hydrogens is 259 g/mol. The molecule has 108 valence electrons. The molecule has 2 rings (SSSR count). The normalized spacial score (nSPS) is 22.3. The average Bonchev–Trinajstić information content (AvgIpc) is 2.39. The second-order valence-electron chi connectivity index (χ2n) is 5.38. The van der Waals surface area contributed by atoms with Crippen LogP contribution in [0, 0.1) is 18.7 Å². The fraction of sp³-hybridized carbons (Fsp3) is 0.467. The Balaban J connectivity index is 1.94. The van der Waals surface area contributed by atoms with Crippen molar-refractivity contribution in [2.75, 3.05) is 0 Å². The minimum Gasteiger partial charge on any atom is -0.369 e. The Bertz CT molecular complexity index is 523. The number of primary amides is 1. The summed E-state index contributed by atoms with van der Waals surface area (Å²) in [6, 6.07) is 4.18. The third-order valence-electron chi connectivity index (χ3n) is 3.90. The van der Waals surface area contributed by atoms with Crippen molar-refractivity contribution in [3.8, 4) is 0 Å². The van der Waals surface area contributed by atoms with E-state index in [-0.39, 0.29) is 29.6 Å². The Labute approximate surface area is 117 Å². The molecule has 20 heavy (non-hydrogen) atoms. The average molecular weight is 278 g/mol. The molecule has 5 heteroatoms. The number of hydrogen-bond acceptors (Lipinski definition) is 2. The molecule has 1 aliphatic carbocycles. The van der Waals surface area contributed by atoms with Crippen molar-refractivity contribution < 1.29 is 14.0 Å². The van der Waals surface area contributed by atoms with Crippen LogP contribution in [0.15, 0.2) is 18.2 Å². The Kier molecular flexibility index (Phi) is 4.37. The molecule has 0 spiro atoms. The van der Waals surface area contributed by atoms with E-state index in [1.807, 2.05) is 0 Å². The zero-order valence-corrected chi connectivity index (χ0v) is 11.5. The molecule has 3 N–H and O–H groups in total. The van der Waals surface area contributed by atoms with Crippen molar-refractivity contribution in [3.63, 3.8) is 0 Å². The molecule has 1 aromatic rings. The molecule has 0 saturated heterocycles. The van der Waals surface area contributed by atoms with Gasteiger partial charge in [0.1, 0.15) is 5.82 Å². The number of halogens is 1. The molecule has 0 bridgehead atoms. The Morgan fingerprint density at radius 1 is 1.25 bits per heavy atom. The topological polar surface area (TPSA) is 72.2 Å². The summed E-state index contributed by atoms with van der Waals surface area (Å²) in [6.45, 7) is 1.71. The highest BCUT2D eigenvalue weighted by Crippen LogP contribution is 2.24. The number of carbonyl (C=O) groups is 2. The van der Waals surface area contributed by atoms with Crippen molar-refractivity contribution in [3.05, 3.63) is 35.1 Å². The Morgan fingerprint density at radius 3 is 2.45 bits per heavy atom. The monoisotopic (exact) mass is 278 g/mol. The lowest BCUT2D eigenvalue weighted by molar-refractivity contribution is -0.122. The van der Waals surface area contributed by atoms with Gasteiger partial charge in [0.15, 0.2) is 0 Å². The quantitative estimate of drug-likeness (QED) is 0.886. The van der Waals surface area contributed by atoms with E-state index < -0.39 is 0 Å². The molecule has 1 aliphatic rings. The zero-order valence-electron chi connectivity index (χ0n) is 11.5. The first-order chi connectivity index (χ1) is 9.47. The van der Waals surface area contributed by atoms with Crippen LogP contribution in [0.3, 0.4) is 0 Å². The van der Waals surface area contributed by atoms with Gasteiger partial charge in [-0.05, 0) is 56.4 Å². The molecule has 1 fully saturated rings. The van der Waals surface area contributed by atoms with Crippen molar-refractivity contribution in [1.82, 2.24) is 5.32 Å². The van der Waals surface area contributed by atoms with Gasteiger partial charge in [0.05, 0.1) is 0 Å². The predicted molar refractivity (Wildman–Crippen MR) is 73.5 cm³/mol. The van der Waals surface area contributed by atoms with Gasteiger partial charge < -0.3 is 11.1 Å². The summed E-state index contributed by atoms with van der Waals surface area (Å²) in [5.74, 6) is -0.870. The number of amides is 2. The summed E-state index contributed by atoms with van der Waals surface area (Å²) in [5, 5.41) is 2.94. The van der Waals surface area contributed by atoms with Crippen LogP contribution in [-0.4, -0.2) is 17.9 Å². The molecule has 0 aliphatic heterocycles. The maximum Gasteiger partial charge on any atom is 0.251 e. The zero-order chi connectivity index (χ0) is 14.7. The van der Waals surface area contributed by atoms with Gasteiger partial charge >= 0.3 is 0 Å². The number of aryl methyl sites for hydroxylation is 1. The van der Waals surface area contributed by atoms with Crippen LogP contribution in [0.25, 0.3) is 0 Å². The summed E-state index contributed by atoms with van der Waals surface area (Å²) in [7, 11) is 0. The number of rotatable bonds is 3. The standard InChI is InChI=1S/C15H19FN2O2/c1-9-8-11(16)4-7-13(9)15(20)18-12-5-2-10(3-6-12)14(17)19/h4,7-8,10,12H,2-3,5-6H2,1H3,(H2,17,19)(H,18,20). The van der Waals surface area contributed by atoms with Crippen molar-refractivity contribution in [2.24, 2.45) is 11.7 Å². The van der Waals surface area contributed by atoms with E-state index >= 15 is 0 Å². The lowest BCUT2D eigenvalue weighted by Crippen LogP contribution is -2.40. The van der Waals surface area contributed by atoms with E-state index in [9.17, 15) is 14.0 Å². The molecule has 0 atom stereocenters. The summed E-state index contributed by atoms with van der Waals surface area (Å²) in [4.78, 5) is 23.2. The van der Waals surface area contributed by atoms with Gasteiger partial charge in [0, 0.05) is 17.5 Å². The summed E-state index contributed by atoms with van der Waals surface area (Å²) in [6.07, 6.45) is 2.92. The summed E-state index contributed by atoms with van der Waals surface area (Å²) in [5.41, 5.74) is 6.39. The lowest BCUT2D eigenvalue weighted by atomic mass is 9.85. The lowest BCUT2D eigenvalue weighted by Gasteiger charge is -2.27. The van der Waals surface area contributed by atoms with Crippen molar-refractivity contribution in [2.45, 2.75) is 38.6 Å². The highest BCUT2D eigenvalue weighted by atomic mass is 19.1. The molecular formula is C15H19FN2O2. The highest BCUT2D eigenvalue weighted by Gasteiger charge is 2.26. The van der Waals surface area contributed by atoms with Crippen molar-refractivity contribution in [1.29, 1.82) is 0 Å². The SMILES string of the molecule is Cc1cc(F)ccc1C(=O)NC1CCC(C(N)=O)CC1. The van der Waals surface area contributed by atoms with Crippen LogP contribution in [0.4, 0.5) is 4.39 Å². The number of carbonyl (C=O) groups excluding carboxylic acids is 2. The Hall–Kier alpha value is -1.91. The number of hydrogen-bond donors (Lipinski definition) is 2. The van der Waals surface area contributed by atoms with Gasteiger partial charge in [-0.15, -0.1) is 0 Å². The molecule has 2 amide bonds. The van der Waals surface area contributed by atoms with Crippen LogP contribution < -0.4 is 11.1 Å². The number of benzene rings is 1. The van der Waals surface area contributed by atoms with E-state index in [4.69, 9.17) is 5.73 Å². The minimum absolute atomic E-state index is 0.0579. The largest absolute Gasteiger partial charge is 0.369 e. The van der Waals surface area contributed by atoms with Crippen LogP contribution in [-0.2, 0) is 4.79 Å². The molecule has 4 nitrogen and oxygen atoms in total. The second kappa shape index (κ2) is 6.03. The van der Waals surface area contributed by atoms with Crippen LogP contribution >= 0.6 is 0 Å². The minimum atomic E-state index is -0.346. The van der Waals surface area contributed by atoms with Gasteiger partial charge in [0.2, 0.25) is 5.91 Å². The van der Waals surface area contributed by atoms with Crippen molar-refractivity contribution >= 4 is 11.8 Å². The first-order valence-corrected chi connectivity index (χ1v) is 6.83. The maximum atomic E-state index is 13.0. The fourth-order valence-corrected chi connectivity index (χ4v) is 2.67. The van der Waals surface area contributed by atoms with Gasteiger partial charge in [-0.3, -0.25) is 9.59 Å². The van der Waals surface area contributed by atoms with E-state index in [0.717, 1.165) is 12.8 Å². The highest BCUT2D eigenvalue weighted by molar-refractivity contribution is 5.95. The second-order valence-corrected chi connectivity index (χ2v) is 5.38. The van der Waals surface area contributed by atoms with Crippen LogP contribution in [0.5, 0.6) is 0 Å². The number of nitrogens with two attached hydrogens (primary N) is 1. The molecule has 1 aromatic carbocycles. The van der Waals surface area contributed by atoms with E-state index in [2.05, 4.69) is 5.32 Å². The van der Waals surface area contributed by atoms with E-state index in [1.54, 1.807) is 6.92 Å². The van der Waals surface area contributed by atoms with Crippen LogP contribution in [0.1, 0.15) is 41.6 Å². The Morgan fingerprint density at radius 2 is 1.90 bits per heavy atom. The van der Waals surface area contributed by atoms with Crippen LogP contribution in [0.2, 0.25) is 0 Å². The summed E-state index contributed by atoms with van der Waals surface area (Å²) >= 11 is 0. The molecule has 0 aromatic heterocycles. The molecule has 0 radical (unpaired) electrons. The first-order valence-electron chi connectivity index (χ1n) is 6.83. The first kappa shape index (κ1) is 14.5. The molecule has 1 saturated carbocycles. The maximum absolute atomic E-state index is 13.0. The summed E-state index contributed by atoms with van der Waals surface area (Å²) < 4.78 is 13.0. The van der Waals surface area contributed by atoms with Gasteiger partial charge in [0.25, 0.3) is 5.91 Å².